The summed E-state index contributed by atoms with van der Waals surface area (Å²) in [5, 5.41) is -0.331. The van der Waals surface area contributed by atoms with Gasteiger partial charge in [0.25, 0.3) is 0 Å². The number of hydrogen-bond acceptors (Lipinski definition) is 3. The highest BCUT2D eigenvalue weighted by molar-refractivity contribution is 7.97. The molecule has 1 aromatic rings. The number of benzene rings is 1. The highest BCUT2D eigenvalue weighted by Gasteiger charge is 2.24. The van der Waals surface area contributed by atoms with E-state index in [1.54, 1.807) is 13.8 Å². The molecule has 0 radical (unpaired) electrons. The number of carbonyl (C=O) groups is 1. The Kier molecular flexibility index (Phi) is 5.71. The van der Waals surface area contributed by atoms with Crippen molar-refractivity contribution in [3.05, 3.63) is 33.4 Å². The molecule has 0 aromatic heterocycles. The number of hydrogen-bond donors (Lipinski definition) is 2. The lowest BCUT2D eigenvalue weighted by molar-refractivity contribution is -0.107. The van der Waals surface area contributed by atoms with Gasteiger partial charge in [-0.15, -0.1) is 12.6 Å². The fraction of sp³-hybridized carbons (Fsp3) is 0.438. The molecule has 1 unspecified atom stereocenters. The van der Waals surface area contributed by atoms with Crippen molar-refractivity contribution in [2.45, 2.75) is 41.5 Å². The zero-order chi connectivity index (χ0) is 17.4. The lowest BCUT2D eigenvalue weighted by Gasteiger charge is -2.23. The van der Waals surface area contributed by atoms with E-state index in [0.717, 1.165) is 28.9 Å². The largest absolute Gasteiger partial charge is 0.424 e. The lowest BCUT2D eigenvalue weighted by Crippen LogP contribution is -2.05. The van der Waals surface area contributed by atoms with Crippen molar-refractivity contribution < 1.29 is 18.8 Å². The van der Waals surface area contributed by atoms with Crippen molar-refractivity contribution in [3.63, 3.8) is 0 Å². The zero-order valence-corrected chi connectivity index (χ0v) is 15.9. The van der Waals surface area contributed by atoms with Crippen LogP contribution in [0.5, 0.6) is 5.75 Å². The Bertz CT molecular complexity index is 714. The van der Waals surface area contributed by atoms with Gasteiger partial charge >= 0.3 is 7.60 Å². The van der Waals surface area contributed by atoms with Gasteiger partial charge in [-0.3, -0.25) is 4.79 Å². The van der Waals surface area contributed by atoms with Crippen LogP contribution in [0, 0.1) is 27.7 Å². The molecular formula is C16H23O4PS. The molecule has 0 aliphatic heterocycles. The van der Waals surface area contributed by atoms with Crippen LogP contribution in [0.25, 0.3) is 5.57 Å². The summed E-state index contributed by atoms with van der Waals surface area (Å²) >= 11 is 3.87. The van der Waals surface area contributed by atoms with Gasteiger partial charge in [-0.05, 0) is 69.4 Å². The van der Waals surface area contributed by atoms with E-state index < -0.39 is 7.60 Å². The summed E-state index contributed by atoms with van der Waals surface area (Å²) in [6.45, 7) is 12.3. The predicted octanol–water partition coefficient (Wildman–Crippen LogP) is 4.36. The summed E-state index contributed by atoms with van der Waals surface area (Å²) in [5.74, 6) is 0.361. The molecule has 0 saturated heterocycles. The van der Waals surface area contributed by atoms with Gasteiger partial charge in [-0.1, -0.05) is 0 Å². The molecule has 122 valence electrons. The third-order valence-corrected chi connectivity index (χ3v) is 5.01. The van der Waals surface area contributed by atoms with Crippen molar-refractivity contribution in [2.24, 2.45) is 0 Å². The summed E-state index contributed by atoms with van der Waals surface area (Å²) in [7, 11) is -3.72. The summed E-state index contributed by atoms with van der Waals surface area (Å²) in [6.07, 6.45) is 0. The van der Waals surface area contributed by atoms with Gasteiger partial charge in [0.15, 0.2) is 0 Å². The van der Waals surface area contributed by atoms with Crippen LogP contribution in [0.15, 0.2) is 5.57 Å². The van der Waals surface area contributed by atoms with Gasteiger partial charge in [-0.2, -0.15) is 0 Å². The van der Waals surface area contributed by atoms with Crippen LogP contribution in [0.3, 0.4) is 0 Å². The van der Waals surface area contributed by atoms with Crippen molar-refractivity contribution in [1.29, 1.82) is 0 Å². The molecule has 0 heterocycles. The molecule has 0 aliphatic carbocycles. The van der Waals surface area contributed by atoms with E-state index in [0.29, 0.717) is 22.5 Å². The number of rotatable bonds is 4. The van der Waals surface area contributed by atoms with E-state index in [2.05, 4.69) is 12.6 Å². The molecule has 0 aliphatic rings. The quantitative estimate of drug-likeness (QED) is 0.485. The Labute approximate surface area is 137 Å². The van der Waals surface area contributed by atoms with E-state index in [-0.39, 0.29) is 5.12 Å². The van der Waals surface area contributed by atoms with Gasteiger partial charge in [0.2, 0.25) is 5.12 Å². The van der Waals surface area contributed by atoms with Gasteiger partial charge in [0.05, 0.1) is 0 Å². The zero-order valence-electron chi connectivity index (χ0n) is 14.1. The first-order chi connectivity index (χ1) is 9.88. The Morgan fingerprint density at radius 3 is 1.91 bits per heavy atom. The summed E-state index contributed by atoms with van der Waals surface area (Å²) in [6, 6.07) is 0. The topological polar surface area (TPSA) is 63.6 Å². The van der Waals surface area contributed by atoms with Crippen LogP contribution < -0.4 is 4.52 Å². The van der Waals surface area contributed by atoms with Crippen LogP contribution in [0.1, 0.15) is 41.7 Å². The molecule has 1 rings (SSSR count). The minimum atomic E-state index is -3.72. The van der Waals surface area contributed by atoms with E-state index in [1.165, 1.54) is 0 Å². The first-order valence-electron chi connectivity index (χ1n) is 6.89. The smallest absolute Gasteiger partial charge is 0.373 e. The SMILES string of the molecule is C/C(C(=O)S)=C(/C)c1c(C)c(C)c(C)c(C)c1OP(C)(=O)O. The fourth-order valence-corrected chi connectivity index (χ4v) is 3.10. The molecule has 0 spiro atoms. The second-order valence-corrected chi connectivity index (χ2v) is 7.85. The Morgan fingerprint density at radius 2 is 1.50 bits per heavy atom. The van der Waals surface area contributed by atoms with Crippen molar-refractivity contribution in [2.75, 3.05) is 6.66 Å². The predicted molar refractivity (Wildman–Crippen MR) is 94.0 cm³/mol. The lowest BCUT2D eigenvalue weighted by atomic mass is 9.88. The first kappa shape index (κ1) is 19.0. The maximum atomic E-state index is 11.8. The molecule has 0 saturated carbocycles. The summed E-state index contributed by atoms with van der Waals surface area (Å²) in [5.41, 5.74) is 5.69. The van der Waals surface area contributed by atoms with E-state index in [9.17, 15) is 14.3 Å². The monoisotopic (exact) mass is 342 g/mol. The molecule has 4 nitrogen and oxygen atoms in total. The van der Waals surface area contributed by atoms with Crippen LogP contribution in [0.2, 0.25) is 0 Å². The molecule has 1 N–H and O–H groups in total. The van der Waals surface area contributed by atoms with E-state index in [4.69, 9.17) is 4.52 Å². The second kappa shape index (κ2) is 6.61. The maximum Gasteiger partial charge on any atom is 0.373 e. The van der Waals surface area contributed by atoms with Crippen molar-refractivity contribution in [3.8, 4) is 5.75 Å². The molecule has 1 aromatic carbocycles. The molecular weight excluding hydrogens is 319 g/mol. The minimum Gasteiger partial charge on any atom is -0.424 e. The summed E-state index contributed by atoms with van der Waals surface area (Å²) < 4.78 is 17.1. The standard InChI is InChI=1S/C16H23O4PS/c1-8-9(2)12(5)15(20-21(7,18)19)14(10(8)3)11(4)13(6)16(17)22/h1-7H3,(H,17,22)(H,18,19)/b13-11+. The normalized spacial score (nSPS) is 15.1. The second-order valence-electron chi connectivity index (χ2n) is 5.65. The number of thiol groups is 1. The number of allylic oxidation sites excluding steroid dienone is 1. The maximum absolute atomic E-state index is 11.8. The van der Waals surface area contributed by atoms with Gasteiger partial charge in [-0.25, -0.2) is 4.57 Å². The third kappa shape index (κ3) is 3.83. The first-order valence-corrected chi connectivity index (χ1v) is 9.37. The van der Waals surface area contributed by atoms with E-state index in [1.807, 2.05) is 27.7 Å². The van der Waals surface area contributed by atoms with Gasteiger partial charge in [0.1, 0.15) is 5.75 Å². The number of carbonyl (C=O) groups excluding carboxylic acids is 1. The average Bonchev–Trinajstić information content (AvgIpc) is 2.39. The molecule has 1 atom stereocenters. The molecule has 6 heteroatoms. The molecule has 0 fully saturated rings. The van der Waals surface area contributed by atoms with Crippen LogP contribution in [-0.4, -0.2) is 16.7 Å². The fourth-order valence-electron chi connectivity index (χ4n) is 2.36. The van der Waals surface area contributed by atoms with Crippen LogP contribution in [-0.2, 0) is 9.36 Å². The van der Waals surface area contributed by atoms with Crippen LogP contribution in [0.4, 0.5) is 0 Å². The highest BCUT2D eigenvalue weighted by Crippen LogP contribution is 2.46. The Balaban J connectivity index is 3.86. The van der Waals surface area contributed by atoms with Crippen LogP contribution >= 0.6 is 20.2 Å². The third-order valence-electron chi connectivity index (χ3n) is 4.15. The van der Waals surface area contributed by atoms with Gasteiger partial charge < -0.3 is 9.42 Å². The summed E-state index contributed by atoms with van der Waals surface area (Å²) in [4.78, 5) is 21.2. The Hall–Kier alpha value is -1.03. The van der Waals surface area contributed by atoms with Crippen molar-refractivity contribution in [1.82, 2.24) is 0 Å². The van der Waals surface area contributed by atoms with E-state index >= 15 is 0 Å². The average molecular weight is 342 g/mol. The van der Waals surface area contributed by atoms with Gasteiger partial charge in [0, 0.05) is 17.8 Å². The highest BCUT2D eigenvalue weighted by atomic mass is 32.1. The molecule has 22 heavy (non-hydrogen) atoms. The molecule has 0 amide bonds. The Morgan fingerprint density at radius 1 is 1.05 bits per heavy atom. The minimum absolute atomic E-state index is 0.331. The molecule has 0 bridgehead atoms. The van der Waals surface area contributed by atoms with Crippen molar-refractivity contribution >= 4 is 30.9 Å².